The van der Waals surface area contributed by atoms with Gasteiger partial charge in [-0.15, -0.1) is 0 Å². The molecular formula is C27H33ClF3N3O5. The molecule has 0 saturated heterocycles. The average Bonchev–Trinajstić information content (AvgIpc) is 2.90. The number of carbonyl (C=O) groups excluding carboxylic acids is 4. The standard InChI is InChI=1S/C16H21F3N2O3.C11H12ClNO2/c1-9(2)12(14(22)16(17,18)19)21-15(23)13(20-3)10-5-7-11(24-4)8-6-10;1-2-10(7-14)13-11(15)8-4-3-5-9(12)6-8/h5-9,12-13,20H,1-4H3,(H,21,23);3-7,10H,2H2,1H3,(H,13,15)/t12-,13?;10-/m00/s1. The van der Waals surface area contributed by atoms with Crippen LogP contribution in [-0.2, 0) is 14.4 Å². The quantitative estimate of drug-likeness (QED) is 0.347. The highest BCUT2D eigenvalue weighted by molar-refractivity contribution is 6.31. The molecule has 2 aromatic rings. The van der Waals surface area contributed by atoms with E-state index in [2.05, 4.69) is 16.0 Å². The molecule has 3 atom stereocenters. The average molecular weight is 572 g/mol. The summed E-state index contributed by atoms with van der Waals surface area (Å²) in [4.78, 5) is 46.0. The molecule has 0 saturated carbocycles. The normalized spacial score (nSPS) is 13.3. The van der Waals surface area contributed by atoms with Crippen LogP contribution in [0.1, 0.15) is 49.2 Å². The second-order valence-electron chi connectivity index (χ2n) is 8.72. The Morgan fingerprint density at radius 3 is 2.10 bits per heavy atom. The Hall–Kier alpha value is -3.44. The minimum Gasteiger partial charge on any atom is -0.497 e. The Labute approximate surface area is 230 Å². The Bertz CT molecular complexity index is 1110. The number of likely N-dealkylation sites (N-methyl/N-ethyl adjacent to an activating group) is 1. The van der Waals surface area contributed by atoms with Crippen molar-refractivity contribution >= 4 is 35.5 Å². The van der Waals surface area contributed by atoms with Crippen molar-refractivity contribution in [2.24, 2.45) is 5.92 Å². The Kier molecular flexibility index (Phi) is 13.6. The van der Waals surface area contributed by atoms with Gasteiger partial charge in [-0.25, -0.2) is 0 Å². The number of alkyl halides is 3. The molecule has 2 rings (SSSR count). The zero-order valence-corrected chi connectivity index (χ0v) is 23.0. The van der Waals surface area contributed by atoms with Gasteiger partial charge in [0.05, 0.1) is 19.2 Å². The maximum atomic E-state index is 12.7. The second-order valence-corrected chi connectivity index (χ2v) is 9.16. The number of benzene rings is 2. The molecule has 0 spiro atoms. The third kappa shape index (κ3) is 10.7. The third-order valence-electron chi connectivity index (χ3n) is 5.53. The Balaban J connectivity index is 0.000000434. The molecule has 39 heavy (non-hydrogen) atoms. The van der Waals surface area contributed by atoms with Gasteiger partial charge in [-0.3, -0.25) is 14.4 Å². The van der Waals surface area contributed by atoms with E-state index in [1.807, 2.05) is 6.92 Å². The smallest absolute Gasteiger partial charge is 0.452 e. The molecule has 0 aliphatic heterocycles. The number of nitrogens with one attached hydrogen (secondary N) is 3. The molecule has 3 N–H and O–H groups in total. The van der Waals surface area contributed by atoms with Gasteiger partial charge in [0.15, 0.2) is 0 Å². The molecule has 2 aromatic carbocycles. The molecule has 0 fully saturated rings. The molecule has 214 valence electrons. The van der Waals surface area contributed by atoms with Crippen LogP contribution < -0.4 is 20.7 Å². The fourth-order valence-corrected chi connectivity index (χ4v) is 3.50. The van der Waals surface area contributed by atoms with E-state index < -0.39 is 41.9 Å². The largest absolute Gasteiger partial charge is 0.497 e. The van der Waals surface area contributed by atoms with Gasteiger partial charge in [0.25, 0.3) is 11.7 Å². The lowest BCUT2D eigenvalue weighted by Gasteiger charge is -2.25. The first-order chi connectivity index (χ1) is 18.3. The molecule has 0 aliphatic carbocycles. The first-order valence-electron chi connectivity index (χ1n) is 12.0. The molecule has 0 bridgehead atoms. The lowest BCUT2D eigenvalue weighted by atomic mass is 9.98. The van der Waals surface area contributed by atoms with Crippen LogP contribution >= 0.6 is 11.6 Å². The number of ether oxygens (including phenoxy) is 1. The number of hydrogen-bond donors (Lipinski definition) is 3. The molecule has 0 aliphatic rings. The van der Waals surface area contributed by atoms with Crippen LogP contribution in [-0.4, -0.2) is 56.3 Å². The van der Waals surface area contributed by atoms with E-state index in [0.717, 1.165) is 6.29 Å². The highest BCUT2D eigenvalue weighted by Crippen LogP contribution is 2.23. The number of Topliss-reactive ketones (excluding diaryl/α,β-unsaturated/α-hetero) is 1. The van der Waals surface area contributed by atoms with E-state index in [4.69, 9.17) is 16.3 Å². The number of amides is 2. The van der Waals surface area contributed by atoms with Crippen molar-refractivity contribution in [1.82, 2.24) is 16.0 Å². The van der Waals surface area contributed by atoms with Gasteiger partial charge >= 0.3 is 6.18 Å². The summed E-state index contributed by atoms with van der Waals surface area (Å²) in [6.07, 6.45) is -3.70. The molecule has 2 amide bonds. The van der Waals surface area contributed by atoms with Gasteiger partial charge in [-0.2, -0.15) is 13.2 Å². The van der Waals surface area contributed by atoms with E-state index in [1.54, 1.807) is 48.5 Å². The third-order valence-corrected chi connectivity index (χ3v) is 5.77. The van der Waals surface area contributed by atoms with Gasteiger partial charge in [-0.1, -0.05) is 50.6 Å². The van der Waals surface area contributed by atoms with E-state index >= 15 is 0 Å². The number of halogens is 4. The van der Waals surface area contributed by atoms with E-state index in [1.165, 1.54) is 28.0 Å². The summed E-state index contributed by atoms with van der Waals surface area (Å²) in [5.41, 5.74) is 1.00. The number of aldehydes is 1. The number of methoxy groups -OCH3 is 1. The van der Waals surface area contributed by atoms with E-state index in [-0.39, 0.29) is 5.91 Å². The van der Waals surface area contributed by atoms with Crippen molar-refractivity contribution in [3.8, 4) is 5.75 Å². The van der Waals surface area contributed by atoms with Crippen molar-refractivity contribution in [2.45, 2.75) is 51.5 Å². The van der Waals surface area contributed by atoms with Gasteiger partial charge < -0.3 is 25.5 Å². The summed E-state index contributed by atoms with van der Waals surface area (Å²) in [6.45, 7) is 4.71. The highest BCUT2D eigenvalue weighted by atomic mass is 35.5. The van der Waals surface area contributed by atoms with Crippen LogP contribution in [0.5, 0.6) is 5.75 Å². The van der Waals surface area contributed by atoms with Gasteiger partial charge in [0, 0.05) is 10.6 Å². The van der Waals surface area contributed by atoms with Gasteiger partial charge in [-0.05, 0) is 55.3 Å². The molecule has 0 heterocycles. The lowest BCUT2D eigenvalue weighted by Crippen LogP contribution is -2.52. The summed E-state index contributed by atoms with van der Waals surface area (Å²) in [5.74, 6) is -3.07. The maximum absolute atomic E-state index is 12.7. The molecule has 0 aromatic heterocycles. The molecular weight excluding hydrogens is 539 g/mol. The number of hydrogen-bond acceptors (Lipinski definition) is 6. The fraction of sp³-hybridized carbons (Fsp3) is 0.407. The molecule has 8 nitrogen and oxygen atoms in total. The zero-order chi connectivity index (χ0) is 29.8. The minimum absolute atomic E-state index is 0.281. The first kappa shape index (κ1) is 33.6. The molecule has 0 radical (unpaired) electrons. The van der Waals surface area contributed by atoms with E-state index in [0.29, 0.717) is 28.3 Å². The van der Waals surface area contributed by atoms with Crippen LogP contribution in [0, 0.1) is 5.92 Å². The van der Waals surface area contributed by atoms with Crippen LogP contribution in [0.3, 0.4) is 0 Å². The van der Waals surface area contributed by atoms with E-state index in [9.17, 15) is 32.3 Å². The predicted molar refractivity (Wildman–Crippen MR) is 142 cm³/mol. The summed E-state index contributed by atoms with van der Waals surface area (Å²) in [6, 6.07) is 10.1. The Morgan fingerprint density at radius 1 is 1.05 bits per heavy atom. The molecule has 12 heteroatoms. The van der Waals surface area contributed by atoms with Crippen LogP contribution in [0.25, 0.3) is 0 Å². The summed E-state index contributed by atoms with van der Waals surface area (Å²) >= 11 is 5.74. The monoisotopic (exact) mass is 571 g/mol. The summed E-state index contributed by atoms with van der Waals surface area (Å²) in [7, 11) is 3.00. The van der Waals surface area contributed by atoms with Crippen molar-refractivity contribution in [3.05, 3.63) is 64.7 Å². The number of rotatable bonds is 11. The summed E-state index contributed by atoms with van der Waals surface area (Å²) < 4.78 is 43.0. The highest BCUT2D eigenvalue weighted by Gasteiger charge is 2.45. The SMILES string of the molecule is CC[C@@H](C=O)NC(=O)c1cccc(Cl)c1.CNC(C(=O)N[C@H](C(=O)C(F)(F)F)C(C)C)c1ccc(OC)cc1. The number of ketones is 1. The van der Waals surface area contributed by atoms with Crippen molar-refractivity contribution in [1.29, 1.82) is 0 Å². The topological polar surface area (TPSA) is 114 Å². The Morgan fingerprint density at radius 2 is 1.67 bits per heavy atom. The van der Waals surface area contributed by atoms with Crippen molar-refractivity contribution in [3.63, 3.8) is 0 Å². The van der Waals surface area contributed by atoms with Gasteiger partial charge in [0.1, 0.15) is 18.1 Å². The lowest BCUT2D eigenvalue weighted by molar-refractivity contribution is -0.175. The van der Waals surface area contributed by atoms with Crippen molar-refractivity contribution < 1.29 is 37.1 Å². The zero-order valence-electron chi connectivity index (χ0n) is 22.3. The van der Waals surface area contributed by atoms with Crippen LogP contribution in [0.4, 0.5) is 13.2 Å². The number of carbonyl (C=O) groups is 4. The second kappa shape index (κ2) is 15.8. The van der Waals surface area contributed by atoms with Crippen molar-refractivity contribution in [2.75, 3.05) is 14.2 Å². The first-order valence-corrected chi connectivity index (χ1v) is 12.4. The maximum Gasteiger partial charge on any atom is 0.452 e. The predicted octanol–water partition coefficient (Wildman–Crippen LogP) is 4.28. The minimum atomic E-state index is -5.00. The van der Waals surface area contributed by atoms with Crippen LogP contribution in [0.15, 0.2) is 48.5 Å². The van der Waals surface area contributed by atoms with Crippen LogP contribution in [0.2, 0.25) is 5.02 Å². The summed E-state index contributed by atoms with van der Waals surface area (Å²) in [5, 5.41) is 8.03. The fourth-order valence-electron chi connectivity index (χ4n) is 3.31. The molecule has 1 unspecified atom stereocenters. The van der Waals surface area contributed by atoms with Gasteiger partial charge in [0.2, 0.25) is 5.91 Å².